The van der Waals surface area contributed by atoms with Crippen LogP contribution in [0.5, 0.6) is 0 Å². The van der Waals surface area contributed by atoms with Gasteiger partial charge >= 0.3 is 0 Å². The van der Waals surface area contributed by atoms with E-state index in [4.69, 9.17) is 0 Å². The molecule has 1 fully saturated rings. The van der Waals surface area contributed by atoms with Crippen molar-refractivity contribution in [3.63, 3.8) is 0 Å². The molecule has 0 aromatic carbocycles. The summed E-state index contributed by atoms with van der Waals surface area (Å²) in [5.41, 5.74) is 2.54. The number of anilines is 1. The zero-order valence-electron chi connectivity index (χ0n) is 13.9. The van der Waals surface area contributed by atoms with Gasteiger partial charge in [0.15, 0.2) is 5.65 Å². The normalized spacial score (nSPS) is 17.2. The summed E-state index contributed by atoms with van der Waals surface area (Å²) >= 11 is 0. The lowest BCUT2D eigenvalue weighted by molar-refractivity contribution is -0.121. The Morgan fingerprint density at radius 2 is 2.36 bits per heavy atom. The minimum Gasteiger partial charge on any atom is -0.354 e. The van der Waals surface area contributed by atoms with Crippen LogP contribution in [0.15, 0.2) is 30.9 Å². The molecule has 128 valence electrons. The zero-order chi connectivity index (χ0) is 17.2. The average Bonchev–Trinajstić information content (AvgIpc) is 3.23. The minimum atomic E-state index is 0.0205. The summed E-state index contributed by atoms with van der Waals surface area (Å²) in [5.74, 6) is 0.896. The van der Waals surface area contributed by atoms with E-state index < -0.39 is 0 Å². The number of fused-ring (bicyclic) bond motifs is 1. The summed E-state index contributed by atoms with van der Waals surface area (Å²) in [6, 6.07) is 3.86. The van der Waals surface area contributed by atoms with E-state index in [0.717, 1.165) is 42.0 Å². The fourth-order valence-electron chi connectivity index (χ4n) is 3.26. The van der Waals surface area contributed by atoms with Crippen LogP contribution in [0.4, 0.5) is 5.82 Å². The molecular weight excluding hydrogens is 318 g/mol. The maximum absolute atomic E-state index is 12.2. The van der Waals surface area contributed by atoms with Gasteiger partial charge in [-0.05, 0) is 25.0 Å². The number of H-pyrrole nitrogens is 1. The van der Waals surface area contributed by atoms with Crippen LogP contribution in [0.25, 0.3) is 11.0 Å². The summed E-state index contributed by atoms with van der Waals surface area (Å²) in [7, 11) is 0. The van der Waals surface area contributed by atoms with Crippen molar-refractivity contribution in [2.45, 2.75) is 25.8 Å². The maximum Gasteiger partial charge on any atom is 0.224 e. The summed E-state index contributed by atoms with van der Waals surface area (Å²) < 4.78 is 0. The maximum atomic E-state index is 12.2. The molecule has 3 aromatic rings. The van der Waals surface area contributed by atoms with Crippen molar-refractivity contribution in [1.29, 1.82) is 0 Å². The molecule has 3 aromatic heterocycles. The number of pyridine rings is 1. The van der Waals surface area contributed by atoms with E-state index in [1.54, 1.807) is 12.4 Å². The number of aromatic nitrogens is 5. The molecule has 1 amide bonds. The standard InChI is InChI=1S/C17H19N7O/c1-11-15-16(23-22-11)19-10-20-17(15)24-6-4-13(9-24)21-14(25)7-12-3-2-5-18-8-12/h2-3,5,8,10,13H,4,6-7,9H2,1H3,(H,21,25)(H,19,20,22,23)/t13-/m1/s1. The molecule has 1 aliphatic rings. The van der Waals surface area contributed by atoms with Gasteiger partial charge in [-0.15, -0.1) is 0 Å². The first-order valence-corrected chi connectivity index (χ1v) is 8.29. The molecule has 1 saturated heterocycles. The van der Waals surface area contributed by atoms with Gasteiger partial charge in [-0.25, -0.2) is 9.97 Å². The van der Waals surface area contributed by atoms with E-state index in [1.165, 1.54) is 6.33 Å². The molecule has 8 nitrogen and oxygen atoms in total. The number of carbonyl (C=O) groups excluding carboxylic acids is 1. The van der Waals surface area contributed by atoms with Crippen LogP contribution in [0.1, 0.15) is 17.7 Å². The topological polar surface area (TPSA) is 99.7 Å². The van der Waals surface area contributed by atoms with Gasteiger partial charge in [-0.2, -0.15) is 5.10 Å². The summed E-state index contributed by atoms with van der Waals surface area (Å²) in [6.45, 7) is 3.54. The highest BCUT2D eigenvalue weighted by Crippen LogP contribution is 2.27. The van der Waals surface area contributed by atoms with E-state index in [0.29, 0.717) is 12.1 Å². The van der Waals surface area contributed by atoms with Crippen molar-refractivity contribution >= 4 is 22.8 Å². The lowest BCUT2D eigenvalue weighted by Crippen LogP contribution is -2.38. The van der Waals surface area contributed by atoms with Crippen LogP contribution >= 0.6 is 0 Å². The average molecular weight is 337 g/mol. The first-order chi connectivity index (χ1) is 12.2. The van der Waals surface area contributed by atoms with Crippen LogP contribution in [-0.4, -0.2) is 50.2 Å². The SMILES string of the molecule is Cc1[nH]nc2ncnc(N3CC[C@@H](NC(=O)Cc4cccnc4)C3)c12. The molecule has 1 aliphatic heterocycles. The fraction of sp³-hybridized carbons (Fsp3) is 0.353. The molecule has 4 heterocycles. The zero-order valence-corrected chi connectivity index (χ0v) is 13.9. The molecule has 1 atom stereocenters. The number of aromatic amines is 1. The number of carbonyl (C=O) groups is 1. The van der Waals surface area contributed by atoms with Gasteiger partial charge in [-0.3, -0.25) is 14.9 Å². The largest absolute Gasteiger partial charge is 0.354 e. The third-order valence-electron chi connectivity index (χ3n) is 4.45. The second kappa shape index (κ2) is 6.46. The Morgan fingerprint density at radius 1 is 1.44 bits per heavy atom. The van der Waals surface area contributed by atoms with Crippen molar-refractivity contribution in [2.24, 2.45) is 0 Å². The highest BCUT2D eigenvalue weighted by molar-refractivity contribution is 5.89. The third-order valence-corrected chi connectivity index (χ3v) is 4.45. The van der Waals surface area contributed by atoms with Crippen LogP contribution in [0.3, 0.4) is 0 Å². The number of nitrogens with zero attached hydrogens (tertiary/aromatic N) is 5. The van der Waals surface area contributed by atoms with Gasteiger partial charge < -0.3 is 10.2 Å². The molecule has 4 rings (SSSR count). The minimum absolute atomic E-state index is 0.0205. The highest BCUT2D eigenvalue weighted by atomic mass is 16.1. The molecule has 2 N–H and O–H groups in total. The van der Waals surface area contributed by atoms with E-state index >= 15 is 0 Å². The number of hydrogen-bond donors (Lipinski definition) is 2. The van der Waals surface area contributed by atoms with Crippen molar-refractivity contribution in [3.8, 4) is 0 Å². The molecule has 0 radical (unpaired) electrons. The number of amides is 1. The molecule has 25 heavy (non-hydrogen) atoms. The lowest BCUT2D eigenvalue weighted by Gasteiger charge is -2.18. The smallest absolute Gasteiger partial charge is 0.224 e. The molecule has 0 bridgehead atoms. The van der Waals surface area contributed by atoms with E-state index in [2.05, 4.69) is 35.4 Å². The Morgan fingerprint density at radius 3 is 3.20 bits per heavy atom. The Kier molecular flexibility index (Phi) is 4.01. The molecule has 0 aliphatic carbocycles. The third kappa shape index (κ3) is 3.15. The van der Waals surface area contributed by atoms with Gasteiger partial charge in [0.2, 0.25) is 5.91 Å². The Bertz CT molecular complexity index is 892. The van der Waals surface area contributed by atoms with Gasteiger partial charge in [-0.1, -0.05) is 6.07 Å². The van der Waals surface area contributed by atoms with Gasteiger partial charge in [0.25, 0.3) is 0 Å². The van der Waals surface area contributed by atoms with Crippen LogP contribution in [-0.2, 0) is 11.2 Å². The van der Waals surface area contributed by atoms with E-state index in [9.17, 15) is 4.79 Å². The van der Waals surface area contributed by atoms with Crippen molar-refractivity contribution in [1.82, 2.24) is 30.5 Å². The second-order valence-electron chi connectivity index (χ2n) is 6.28. The quantitative estimate of drug-likeness (QED) is 0.736. The summed E-state index contributed by atoms with van der Waals surface area (Å²) in [6.07, 6.45) is 6.20. The Balaban J connectivity index is 1.43. The van der Waals surface area contributed by atoms with Crippen LogP contribution in [0, 0.1) is 6.92 Å². The first-order valence-electron chi connectivity index (χ1n) is 8.29. The molecule has 0 spiro atoms. The number of aryl methyl sites for hydroxylation is 1. The predicted molar refractivity (Wildman–Crippen MR) is 93.1 cm³/mol. The summed E-state index contributed by atoms with van der Waals surface area (Å²) in [5, 5.41) is 11.2. The van der Waals surface area contributed by atoms with Crippen molar-refractivity contribution in [3.05, 3.63) is 42.1 Å². The van der Waals surface area contributed by atoms with E-state index in [-0.39, 0.29) is 11.9 Å². The predicted octanol–water partition coefficient (Wildman–Crippen LogP) is 0.994. The number of nitrogens with one attached hydrogen (secondary N) is 2. The van der Waals surface area contributed by atoms with Crippen molar-refractivity contribution in [2.75, 3.05) is 18.0 Å². The van der Waals surface area contributed by atoms with Gasteiger partial charge in [0, 0.05) is 37.2 Å². The fourth-order valence-corrected chi connectivity index (χ4v) is 3.26. The van der Waals surface area contributed by atoms with Crippen molar-refractivity contribution < 1.29 is 4.79 Å². The van der Waals surface area contributed by atoms with Crippen LogP contribution < -0.4 is 10.2 Å². The highest BCUT2D eigenvalue weighted by Gasteiger charge is 2.27. The lowest BCUT2D eigenvalue weighted by atomic mass is 10.2. The summed E-state index contributed by atoms with van der Waals surface area (Å²) in [4.78, 5) is 27.1. The van der Waals surface area contributed by atoms with E-state index in [1.807, 2.05) is 19.1 Å². The molecule has 8 heteroatoms. The van der Waals surface area contributed by atoms with Gasteiger partial charge in [0.05, 0.1) is 11.8 Å². The molecule has 0 unspecified atom stereocenters. The molecule has 0 saturated carbocycles. The monoisotopic (exact) mass is 337 g/mol. The molecular formula is C17H19N7O. The second-order valence-corrected chi connectivity index (χ2v) is 6.28. The number of rotatable bonds is 4. The van der Waals surface area contributed by atoms with Gasteiger partial charge in [0.1, 0.15) is 12.1 Å². The first kappa shape index (κ1) is 15.5. The number of hydrogen-bond acceptors (Lipinski definition) is 6. The Labute approximate surface area is 144 Å². The van der Waals surface area contributed by atoms with Crippen LogP contribution in [0.2, 0.25) is 0 Å². The Hall–Kier alpha value is -3.03.